The summed E-state index contributed by atoms with van der Waals surface area (Å²) in [4.78, 5) is 11.2. The van der Waals surface area contributed by atoms with Gasteiger partial charge in [0, 0.05) is 7.05 Å². The van der Waals surface area contributed by atoms with Gasteiger partial charge >= 0.3 is 0 Å². The summed E-state index contributed by atoms with van der Waals surface area (Å²) < 4.78 is 5.38. The Hall–Kier alpha value is -1.55. The fourth-order valence-electron chi connectivity index (χ4n) is 1.18. The largest absolute Gasteiger partial charge is 0.483 e. The average molecular weight is 208 g/mol. The number of likely N-dealkylation sites (N-methyl/N-ethyl adjacent to an activating group) is 1. The Bertz CT molecular complexity index is 337. The van der Waals surface area contributed by atoms with Crippen LogP contribution in [0.2, 0.25) is 0 Å². The van der Waals surface area contributed by atoms with Crippen LogP contribution in [0.4, 0.5) is 0 Å². The molecule has 4 nitrogen and oxygen atoms in total. The monoisotopic (exact) mass is 208 g/mol. The molecular formula is C11H16N2O2. The van der Waals surface area contributed by atoms with Gasteiger partial charge in [-0.1, -0.05) is 25.1 Å². The first-order valence-electron chi connectivity index (χ1n) is 4.87. The number of hydrogen-bond donors (Lipinski definition) is 1. The first-order valence-corrected chi connectivity index (χ1v) is 4.87. The van der Waals surface area contributed by atoms with E-state index in [1.807, 2.05) is 31.2 Å². The second-order valence-corrected chi connectivity index (χ2v) is 3.25. The summed E-state index contributed by atoms with van der Waals surface area (Å²) in [5.74, 6) is 5.77. The maximum absolute atomic E-state index is 11.2. The smallest absolute Gasteiger partial charge is 0.274 e. The van der Waals surface area contributed by atoms with Crippen molar-refractivity contribution in [1.29, 1.82) is 0 Å². The third kappa shape index (κ3) is 3.25. The lowest BCUT2D eigenvalue weighted by atomic mass is 10.1. The number of amides is 1. The van der Waals surface area contributed by atoms with Crippen molar-refractivity contribution in [2.45, 2.75) is 13.3 Å². The second-order valence-electron chi connectivity index (χ2n) is 3.25. The Morgan fingerprint density at radius 1 is 1.47 bits per heavy atom. The molecule has 0 aromatic heterocycles. The van der Waals surface area contributed by atoms with Crippen LogP contribution < -0.4 is 10.6 Å². The number of para-hydroxylation sites is 1. The van der Waals surface area contributed by atoms with Crippen LogP contribution in [-0.2, 0) is 11.2 Å². The van der Waals surface area contributed by atoms with Crippen LogP contribution in [0.15, 0.2) is 24.3 Å². The zero-order valence-corrected chi connectivity index (χ0v) is 9.06. The molecule has 0 aliphatic carbocycles. The maximum Gasteiger partial charge on any atom is 0.274 e. The number of nitrogens with two attached hydrogens (primary N) is 1. The van der Waals surface area contributed by atoms with Crippen molar-refractivity contribution in [2.24, 2.45) is 5.84 Å². The lowest BCUT2D eigenvalue weighted by Gasteiger charge is -2.12. The molecule has 0 radical (unpaired) electrons. The lowest BCUT2D eigenvalue weighted by Crippen LogP contribution is -2.36. The number of ether oxygens (including phenoxy) is 1. The van der Waals surface area contributed by atoms with Gasteiger partial charge < -0.3 is 4.74 Å². The Balaban J connectivity index is 2.61. The van der Waals surface area contributed by atoms with E-state index in [2.05, 4.69) is 0 Å². The highest BCUT2D eigenvalue weighted by molar-refractivity contribution is 5.76. The molecular weight excluding hydrogens is 192 g/mol. The Morgan fingerprint density at radius 3 is 2.73 bits per heavy atom. The summed E-state index contributed by atoms with van der Waals surface area (Å²) in [6.07, 6.45) is 0.878. The van der Waals surface area contributed by atoms with Crippen molar-refractivity contribution < 1.29 is 9.53 Å². The van der Waals surface area contributed by atoms with Gasteiger partial charge in [0.15, 0.2) is 6.61 Å². The highest BCUT2D eigenvalue weighted by Crippen LogP contribution is 2.17. The average Bonchev–Trinajstić information content (AvgIpc) is 2.26. The highest BCUT2D eigenvalue weighted by Gasteiger charge is 2.07. The molecule has 2 N–H and O–H groups in total. The molecule has 4 heteroatoms. The molecule has 15 heavy (non-hydrogen) atoms. The number of nitrogens with zero attached hydrogens (tertiary/aromatic N) is 1. The van der Waals surface area contributed by atoms with Crippen molar-refractivity contribution in [2.75, 3.05) is 13.7 Å². The van der Waals surface area contributed by atoms with E-state index in [0.29, 0.717) is 0 Å². The van der Waals surface area contributed by atoms with E-state index in [-0.39, 0.29) is 12.5 Å². The molecule has 0 unspecified atom stereocenters. The molecule has 0 heterocycles. The number of carbonyl (C=O) groups is 1. The van der Waals surface area contributed by atoms with Crippen LogP contribution in [0.5, 0.6) is 5.75 Å². The fourth-order valence-corrected chi connectivity index (χ4v) is 1.18. The Labute approximate surface area is 89.6 Å². The zero-order valence-electron chi connectivity index (χ0n) is 9.06. The highest BCUT2D eigenvalue weighted by atomic mass is 16.5. The summed E-state index contributed by atoms with van der Waals surface area (Å²) in [6, 6.07) is 7.66. The minimum Gasteiger partial charge on any atom is -0.483 e. The van der Waals surface area contributed by atoms with E-state index in [1.54, 1.807) is 0 Å². The van der Waals surface area contributed by atoms with Crippen molar-refractivity contribution in [3.05, 3.63) is 29.8 Å². The van der Waals surface area contributed by atoms with Gasteiger partial charge in [0.25, 0.3) is 5.91 Å². The minimum atomic E-state index is -0.249. The molecule has 0 saturated carbocycles. The normalized spacial score (nSPS) is 9.80. The van der Waals surface area contributed by atoms with E-state index < -0.39 is 0 Å². The summed E-state index contributed by atoms with van der Waals surface area (Å²) in [5.41, 5.74) is 1.09. The first-order chi connectivity index (χ1) is 7.15. The number of rotatable bonds is 4. The SMILES string of the molecule is CCc1ccccc1OCC(=O)N(C)N. The van der Waals surface area contributed by atoms with Crippen LogP contribution in [0, 0.1) is 0 Å². The molecule has 0 aliphatic rings. The van der Waals surface area contributed by atoms with E-state index >= 15 is 0 Å². The molecule has 0 spiro atoms. The lowest BCUT2D eigenvalue weighted by molar-refractivity contribution is -0.132. The maximum atomic E-state index is 11.2. The number of aryl methyl sites for hydroxylation is 1. The van der Waals surface area contributed by atoms with Gasteiger partial charge in [-0.15, -0.1) is 0 Å². The second kappa shape index (κ2) is 5.36. The summed E-state index contributed by atoms with van der Waals surface area (Å²) in [5, 5.41) is 1.02. The molecule has 0 atom stereocenters. The number of carbonyl (C=O) groups excluding carboxylic acids is 1. The van der Waals surface area contributed by atoms with Gasteiger partial charge in [-0.2, -0.15) is 0 Å². The predicted octanol–water partition coefficient (Wildman–Crippen LogP) is 0.960. The molecule has 0 aliphatic heterocycles. The van der Waals surface area contributed by atoms with E-state index in [0.717, 1.165) is 22.7 Å². The van der Waals surface area contributed by atoms with Crippen LogP contribution in [0.25, 0.3) is 0 Å². The van der Waals surface area contributed by atoms with Crippen LogP contribution in [0.3, 0.4) is 0 Å². The fraction of sp³-hybridized carbons (Fsp3) is 0.364. The third-order valence-electron chi connectivity index (χ3n) is 2.10. The quantitative estimate of drug-likeness (QED) is 0.455. The molecule has 0 saturated heterocycles. The minimum absolute atomic E-state index is 0.0238. The zero-order chi connectivity index (χ0) is 11.3. The number of hydrogen-bond acceptors (Lipinski definition) is 3. The van der Waals surface area contributed by atoms with Gasteiger partial charge in [-0.05, 0) is 18.1 Å². The van der Waals surface area contributed by atoms with Gasteiger partial charge in [0.05, 0.1) is 0 Å². The molecule has 82 valence electrons. The van der Waals surface area contributed by atoms with E-state index in [4.69, 9.17) is 10.6 Å². The molecule has 1 rings (SSSR count). The summed E-state index contributed by atoms with van der Waals surface area (Å²) >= 11 is 0. The van der Waals surface area contributed by atoms with Crippen LogP contribution in [-0.4, -0.2) is 24.6 Å². The topological polar surface area (TPSA) is 55.6 Å². The molecule has 1 aromatic rings. The van der Waals surface area contributed by atoms with Gasteiger partial charge in [0.1, 0.15) is 5.75 Å². The first kappa shape index (κ1) is 11.5. The predicted molar refractivity (Wildman–Crippen MR) is 58.3 cm³/mol. The molecule has 0 bridgehead atoms. The standard InChI is InChI=1S/C11H16N2O2/c1-3-9-6-4-5-7-10(9)15-8-11(14)13(2)12/h4-7H,3,8,12H2,1-2H3. The van der Waals surface area contributed by atoms with E-state index in [1.165, 1.54) is 7.05 Å². The van der Waals surface area contributed by atoms with Crippen molar-refractivity contribution >= 4 is 5.91 Å². The van der Waals surface area contributed by atoms with Crippen LogP contribution in [0.1, 0.15) is 12.5 Å². The molecule has 1 amide bonds. The molecule has 1 aromatic carbocycles. The Morgan fingerprint density at radius 2 is 2.13 bits per heavy atom. The van der Waals surface area contributed by atoms with Crippen molar-refractivity contribution in [1.82, 2.24) is 5.01 Å². The van der Waals surface area contributed by atoms with Crippen molar-refractivity contribution in [3.8, 4) is 5.75 Å². The van der Waals surface area contributed by atoms with Gasteiger partial charge in [0.2, 0.25) is 0 Å². The number of benzene rings is 1. The summed E-state index contributed by atoms with van der Waals surface area (Å²) in [7, 11) is 1.50. The van der Waals surface area contributed by atoms with Crippen LogP contribution >= 0.6 is 0 Å². The number of hydrazine groups is 1. The van der Waals surface area contributed by atoms with Crippen molar-refractivity contribution in [3.63, 3.8) is 0 Å². The van der Waals surface area contributed by atoms with Gasteiger partial charge in [-0.25, -0.2) is 5.84 Å². The van der Waals surface area contributed by atoms with E-state index in [9.17, 15) is 4.79 Å². The van der Waals surface area contributed by atoms with Gasteiger partial charge in [-0.3, -0.25) is 9.80 Å². The molecule has 0 fully saturated rings. The summed E-state index contributed by atoms with van der Waals surface area (Å²) in [6.45, 7) is 2.02. The Kier molecular flexibility index (Phi) is 4.12. The third-order valence-corrected chi connectivity index (χ3v) is 2.10.